The molecule has 0 unspecified atom stereocenters. The molecule has 16 heavy (non-hydrogen) atoms. The molecule has 0 saturated carbocycles. The number of aryl methyl sites for hydroxylation is 1. The molecule has 1 N–H and O–H groups in total. The van der Waals surface area contributed by atoms with Gasteiger partial charge in [0.15, 0.2) is 0 Å². The first-order valence-corrected chi connectivity index (χ1v) is 6.69. The normalized spacial score (nSPS) is 10.8. The SMILES string of the molecule is CCCn1ccc(CNCc2ccsc2)c1. The van der Waals surface area contributed by atoms with E-state index < -0.39 is 0 Å². The number of nitrogens with zero attached hydrogens (tertiary/aromatic N) is 1. The quantitative estimate of drug-likeness (QED) is 0.812. The first-order valence-electron chi connectivity index (χ1n) is 5.75. The second kappa shape index (κ2) is 5.87. The average molecular weight is 234 g/mol. The third-order valence-electron chi connectivity index (χ3n) is 2.53. The Labute approximate surface area is 101 Å². The second-order valence-corrected chi connectivity index (χ2v) is 4.77. The fourth-order valence-electron chi connectivity index (χ4n) is 1.74. The molecule has 0 radical (unpaired) electrons. The van der Waals surface area contributed by atoms with Crippen molar-refractivity contribution in [3.8, 4) is 0 Å². The molecule has 2 aromatic rings. The molecular formula is C13H18N2S. The van der Waals surface area contributed by atoms with Crippen molar-refractivity contribution in [3.05, 3.63) is 46.4 Å². The molecule has 0 atom stereocenters. The van der Waals surface area contributed by atoms with Crippen molar-refractivity contribution in [3.63, 3.8) is 0 Å². The van der Waals surface area contributed by atoms with Gasteiger partial charge in [-0.3, -0.25) is 0 Å². The van der Waals surface area contributed by atoms with Crippen LogP contribution in [0.4, 0.5) is 0 Å². The molecule has 0 bridgehead atoms. The first-order chi connectivity index (χ1) is 7.88. The number of hydrogen-bond acceptors (Lipinski definition) is 2. The van der Waals surface area contributed by atoms with E-state index in [2.05, 4.69) is 52.1 Å². The Morgan fingerprint density at radius 1 is 1.25 bits per heavy atom. The minimum Gasteiger partial charge on any atom is -0.354 e. The number of rotatable bonds is 6. The predicted octanol–water partition coefficient (Wildman–Crippen LogP) is 3.25. The maximum atomic E-state index is 3.45. The van der Waals surface area contributed by atoms with Gasteiger partial charge in [0.25, 0.3) is 0 Å². The molecule has 2 rings (SSSR count). The molecule has 0 aliphatic heterocycles. The summed E-state index contributed by atoms with van der Waals surface area (Å²) < 4.78 is 2.25. The molecule has 0 spiro atoms. The zero-order valence-electron chi connectivity index (χ0n) is 9.65. The Morgan fingerprint density at radius 3 is 2.88 bits per heavy atom. The Hall–Kier alpha value is -1.06. The van der Waals surface area contributed by atoms with E-state index >= 15 is 0 Å². The number of hydrogen-bond donors (Lipinski definition) is 1. The summed E-state index contributed by atoms with van der Waals surface area (Å²) in [5, 5.41) is 7.76. The lowest BCUT2D eigenvalue weighted by Gasteiger charge is -2.01. The van der Waals surface area contributed by atoms with Gasteiger partial charge in [0.1, 0.15) is 0 Å². The molecule has 3 heteroatoms. The molecule has 0 saturated heterocycles. The van der Waals surface area contributed by atoms with Gasteiger partial charge in [-0.2, -0.15) is 11.3 Å². The van der Waals surface area contributed by atoms with Crippen LogP contribution in [0.3, 0.4) is 0 Å². The van der Waals surface area contributed by atoms with Gasteiger partial charge in [-0.05, 0) is 40.4 Å². The molecule has 2 aromatic heterocycles. The Morgan fingerprint density at radius 2 is 2.12 bits per heavy atom. The standard InChI is InChI=1S/C13H18N2S/c1-2-5-15-6-3-12(10-15)8-14-9-13-4-7-16-11-13/h3-4,6-7,10-11,14H,2,5,8-9H2,1H3. The lowest BCUT2D eigenvalue weighted by molar-refractivity contribution is 0.668. The number of aromatic nitrogens is 1. The van der Waals surface area contributed by atoms with Gasteiger partial charge in [-0.15, -0.1) is 0 Å². The first kappa shape index (κ1) is 11.4. The van der Waals surface area contributed by atoms with Gasteiger partial charge in [0.2, 0.25) is 0 Å². The van der Waals surface area contributed by atoms with Crippen molar-refractivity contribution in [1.29, 1.82) is 0 Å². The van der Waals surface area contributed by atoms with Crippen LogP contribution in [0.2, 0.25) is 0 Å². The van der Waals surface area contributed by atoms with Crippen molar-refractivity contribution < 1.29 is 0 Å². The van der Waals surface area contributed by atoms with E-state index in [1.165, 1.54) is 17.5 Å². The van der Waals surface area contributed by atoms with Crippen LogP contribution in [0.1, 0.15) is 24.5 Å². The number of thiophene rings is 1. The minimum atomic E-state index is 0.951. The third-order valence-corrected chi connectivity index (χ3v) is 3.26. The largest absolute Gasteiger partial charge is 0.354 e. The minimum absolute atomic E-state index is 0.951. The van der Waals surface area contributed by atoms with Crippen molar-refractivity contribution in [1.82, 2.24) is 9.88 Å². The summed E-state index contributed by atoms with van der Waals surface area (Å²) >= 11 is 1.75. The van der Waals surface area contributed by atoms with Gasteiger partial charge >= 0.3 is 0 Å². The van der Waals surface area contributed by atoms with Crippen molar-refractivity contribution in [2.24, 2.45) is 0 Å². The maximum absolute atomic E-state index is 3.45. The summed E-state index contributed by atoms with van der Waals surface area (Å²) in [6.45, 7) is 5.23. The van der Waals surface area contributed by atoms with Gasteiger partial charge in [-0.25, -0.2) is 0 Å². The third kappa shape index (κ3) is 3.22. The van der Waals surface area contributed by atoms with E-state index in [0.717, 1.165) is 19.6 Å². The highest BCUT2D eigenvalue weighted by Crippen LogP contribution is 2.06. The van der Waals surface area contributed by atoms with E-state index in [-0.39, 0.29) is 0 Å². The molecule has 0 aliphatic rings. The van der Waals surface area contributed by atoms with Crippen LogP contribution in [0.15, 0.2) is 35.3 Å². The molecular weight excluding hydrogens is 216 g/mol. The predicted molar refractivity (Wildman–Crippen MR) is 69.6 cm³/mol. The number of nitrogens with one attached hydrogen (secondary N) is 1. The van der Waals surface area contributed by atoms with Crippen LogP contribution in [-0.4, -0.2) is 4.57 Å². The monoisotopic (exact) mass is 234 g/mol. The Balaban J connectivity index is 1.76. The van der Waals surface area contributed by atoms with Gasteiger partial charge in [0.05, 0.1) is 0 Å². The molecule has 86 valence electrons. The zero-order chi connectivity index (χ0) is 11.2. The molecule has 2 heterocycles. The van der Waals surface area contributed by atoms with Crippen LogP contribution < -0.4 is 5.32 Å². The highest BCUT2D eigenvalue weighted by Gasteiger charge is 1.97. The smallest absolute Gasteiger partial charge is 0.0223 e. The van der Waals surface area contributed by atoms with Crippen LogP contribution in [0.5, 0.6) is 0 Å². The summed E-state index contributed by atoms with van der Waals surface area (Å²) in [6, 6.07) is 4.36. The van der Waals surface area contributed by atoms with E-state index in [4.69, 9.17) is 0 Å². The summed E-state index contributed by atoms with van der Waals surface area (Å²) in [5.41, 5.74) is 2.74. The fraction of sp³-hybridized carbons (Fsp3) is 0.385. The van der Waals surface area contributed by atoms with E-state index in [0.29, 0.717) is 0 Å². The summed E-state index contributed by atoms with van der Waals surface area (Å²) in [7, 11) is 0. The van der Waals surface area contributed by atoms with E-state index in [1.807, 2.05) is 0 Å². The highest BCUT2D eigenvalue weighted by molar-refractivity contribution is 7.07. The topological polar surface area (TPSA) is 17.0 Å². The average Bonchev–Trinajstić information content (AvgIpc) is 2.90. The molecule has 0 amide bonds. The summed E-state index contributed by atoms with van der Waals surface area (Å²) in [5.74, 6) is 0. The van der Waals surface area contributed by atoms with Crippen LogP contribution in [0, 0.1) is 0 Å². The Bertz CT molecular complexity index is 403. The zero-order valence-corrected chi connectivity index (χ0v) is 10.5. The maximum Gasteiger partial charge on any atom is 0.0223 e. The van der Waals surface area contributed by atoms with Crippen LogP contribution >= 0.6 is 11.3 Å². The Kier molecular flexibility index (Phi) is 4.19. The van der Waals surface area contributed by atoms with E-state index in [9.17, 15) is 0 Å². The van der Waals surface area contributed by atoms with Crippen molar-refractivity contribution >= 4 is 11.3 Å². The van der Waals surface area contributed by atoms with Crippen LogP contribution in [0.25, 0.3) is 0 Å². The van der Waals surface area contributed by atoms with Crippen LogP contribution in [-0.2, 0) is 19.6 Å². The van der Waals surface area contributed by atoms with E-state index in [1.54, 1.807) is 11.3 Å². The molecule has 2 nitrogen and oxygen atoms in total. The lowest BCUT2D eigenvalue weighted by Crippen LogP contribution is -2.11. The lowest BCUT2D eigenvalue weighted by atomic mass is 10.3. The highest BCUT2D eigenvalue weighted by atomic mass is 32.1. The second-order valence-electron chi connectivity index (χ2n) is 3.99. The molecule has 0 aromatic carbocycles. The van der Waals surface area contributed by atoms with Crippen molar-refractivity contribution in [2.75, 3.05) is 0 Å². The summed E-state index contributed by atoms with van der Waals surface area (Å²) in [4.78, 5) is 0. The summed E-state index contributed by atoms with van der Waals surface area (Å²) in [6.07, 6.45) is 5.58. The van der Waals surface area contributed by atoms with Gasteiger partial charge in [0, 0.05) is 32.0 Å². The van der Waals surface area contributed by atoms with Gasteiger partial charge in [-0.1, -0.05) is 6.92 Å². The van der Waals surface area contributed by atoms with Gasteiger partial charge < -0.3 is 9.88 Å². The fourth-order valence-corrected chi connectivity index (χ4v) is 2.41. The molecule has 0 fully saturated rings. The molecule has 0 aliphatic carbocycles. The van der Waals surface area contributed by atoms with Crippen molar-refractivity contribution in [2.45, 2.75) is 33.0 Å².